The first-order valence-corrected chi connectivity index (χ1v) is 7.59. The highest BCUT2D eigenvalue weighted by atomic mass is 15.0. The molecule has 1 fully saturated rings. The number of para-hydroxylation sites is 2. The molecule has 0 radical (unpaired) electrons. The number of benzene rings is 1. The summed E-state index contributed by atoms with van der Waals surface area (Å²) in [6, 6.07) is 8.63. The topological polar surface area (TPSA) is 37.8 Å². The molecule has 3 rings (SSSR count). The zero-order valence-corrected chi connectivity index (χ0v) is 12.4. The maximum absolute atomic E-state index is 4.68. The lowest BCUT2D eigenvalue weighted by Gasteiger charge is -2.39. The molecule has 1 aromatic carbocycles. The Morgan fingerprint density at radius 3 is 2.80 bits per heavy atom. The fraction of sp³-hybridized carbons (Fsp3) is 0.529. The van der Waals surface area contributed by atoms with E-state index < -0.39 is 0 Å². The van der Waals surface area contributed by atoms with Gasteiger partial charge in [0.05, 0.1) is 22.9 Å². The Morgan fingerprint density at radius 2 is 2.00 bits per heavy atom. The molecule has 0 bridgehead atoms. The Labute approximate surface area is 120 Å². The van der Waals surface area contributed by atoms with Crippen LogP contribution in [0.15, 0.2) is 30.5 Å². The van der Waals surface area contributed by atoms with Crippen LogP contribution in [0.3, 0.4) is 0 Å². The summed E-state index contributed by atoms with van der Waals surface area (Å²) in [4.78, 5) is 9.16. The van der Waals surface area contributed by atoms with Crippen molar-refractivity contribution in [2.75, 3.05) is 0 Å². The molecule has 3 nitrogen and oxygen atoms in total. The van der Waals surface area contributed by atoms with Gasteiger partial charge in [0.1, 0.15) is 0 Å². The first-order chi connectivity index (χ1) is 9.65. The van der Waals surface area contributed by atoms with Crippen LogP contribution in [0.4, 0.5) is 0 Å². The van der Waals surface area contributed by atoms with E-state index >= 15 is 0 Å². The second-order valence-corrected chi connectivity index (χ2v) is 6.52. The third-order valence-electron chi connectivity index (χ3n) is 4.54. The van der Waals surface area contributed by atoms with Crippen molar-refractivity contribution in [2.45, 2.75) is 52.1 Å². The maximum Gasteiger partial charge on any atom is 0.0890 e. The molecule has 2 aromatic rings. The molecule has 20 heavy (non-hydrogen) atoms. The molecule has 3 heteroatoms. The molecule has 1 saturated carbocycles. The second-order valence-electron chi connectivity index (χ2n) is 6.52. The third-order valence-corrected chi connectivity index (χ3v) is 4.54. The van der Waals surface area contributed by atoms with Crippen LogP contribution in [0.5, 0.6) is 0 Å². The summed E-state index contributed by atoms with van der Waals surface area (Å²) in [5, 5.41) is 3.69. The molecule has 1 unspecified atom stereocenters. The molecule has 0 aliphatic heterocycles. The Bertz CT molecular complexity index is 592. The normalized spacial score (nSPS) is 22.0. The largest absolute Gasteiger partial charge is 0.308 e. The second kappa shape index (κ2) is 5.49. The number of nitrogens with zero attached hydrogens (tertiary/aromatic N) is 2. The lowest BCUT2D eigenvalue weighted by atomic mass is 9.73. The Hall–Kier alpha value is -1.48. The van der Waals surface area contributed by atoms with Crippen LogP contribution in [0, 0.1) is 5.41 Å². The highest BCUT2D eigenvalue weighted by Gasteiger charge is 2.31. The predicted octanol–water partition coefficient (Wildman–Crippen LogP) is 3.69. The summed E-state index contributed by atoms with van der Waals surface area (Å²) in [5.74, 6) is 0. The summed E-state index contributed by atoms with van der Waals surface area (Å²) in [6.45, 7) is 5.55. The first kappa shape index (κ1) is 13.5. The summed E-state index contributed by atoms with van der Waals surface area (Å²) in [5.41, 5.74) is 3.37. The molecular formula is C17H23N3. The minimum absolute atomic E-state index is 0.391. The maximum atomic E-state index is 4.68. The van der Waals surface area contributed by atoms with Gasteiger partial charge in [-0.3, -0.25) is 4.98 Å². The molecule has 1 aliphatic rings. The van der Waals surface area contributed by atoms with E-state index in [1.807, 2.05) is 30.5 Å². The van der Waals surface area contributed by atoms with Crippen LogP contribution in [0.25, 0.3) is 11.0 Å². The summed E-state index contributed by atoms with van der Waals surface area (Å²) in [7, 11) is 0. The standard InChI is InChI=1S/C17H23N3/c1-17(2)10-6-5-9-16(17)19-12-13-11-18-14-7-3-4-8-15(14)20-13/h3-4,7-8,11,16,19H,5-6,9-10,12H2,1-2H3. The Morgan fingerprint density at radius 1 is 1.20 bits per heavy atom. The van der Waals surface area contributed by atoms with Gasteiger partial charge in [-0.2, -0.15) is 0 Å². The van der Waals surface area contributed by atoms with Gasteiger partial charge in [0.2, 0.25) is 0 Å². The number of hydrogen-bond donors (Lipinski definition) is 1. The SMILES string of the molecule is CC1(C)CCCCC1NCc1cnc2ccccc2n1. The minimum Gasteiger partial charge on any atom is -0.308 e. The van der Waals surface area contributed by atoms with E-state index in [-0.39, 0.29) is 0 Å². The quantitative estimate of drug-likeness (QED) is 0.923. The van der Waals surface area contributed by atoms with Gasteiger partial charge in [0.15, 0.2) is 0 Å². The lowest BCUT2D eigenvalue weighted by molar-refractivity contribution is 0.166. The molecule has 0 saturated heterocycles. The van der Waals surface area contributed by atoms with E-state index in [2.05, 4.69) is 29.1 Å². The van der Waals surface area contributed by atoms with E-state index in [9.17, 15) is 0 Å². The van der Waals surface area contributed by atoms with Gasteiger partial charge in [0, 0.05) is 12.6 Å². The number of aromatic nitrogens is 2. The molecule has 1 heterocycles. The summed E-state index contributed by atoms with van der Waals surface area (Å²) >= 11 is 0. The Kier molecular flexibility index (Phi) is 3.70. The average Bonchev–Trinajstić information content (AvgIpc) is 2.45. The molecular weight excluding hydrogens is 246 g/mol. The van der Waals surface area contributed by atoms with Crippen molar-refractivity contribution in [3.05, 3.63) is 36.2 Å². The van der Waals surface area contributed by atoms with Crippen LogP contribution in [-0.2, 0) is 6.54 Å². The molecule has 1 aliphatic carbocycles. The van der Waals surface area contributed by atoms with Gasteiger partial charge in [-0.1, -0.05) is 38.8 Å². The van der Waals surface area contributed by atoms with Crippen molar-refractivity contribution >= 4 is 11.0 Å². The predicted molar refractivity (Wildman–Crippen MR) is 82.4 cm³/mol. The molecule has 1 aromatic heterocycles. The average molecular weight is 269 g/mol. The zero-order chi connectivity index (χ0) is 14.0. The Balaban J connectivity index is 1.70. The van der Waals surface area contributed by atoms with E-state index in [1.54, 1.807) is 0 Å². The van der Waals surface area contributed by atoms with Gasteiger partial charge < -0.3 is 5.32 Å². The van der Waals surface area contributed by atoms with Crippen LogP contribution in [0.2, 0.25) is 0 Å². The highest BCUT2D eigenvalue weighted by molar-refractivity contribution is 5.73. The first-order valence-electron chi connectivity index (χ1n) is 7.59. The summed E-state index contributed by atoms with van der Waals surface area (Å²) in [6.07, 6.45) is 7.18. The smallest absolute Gasteiger partial charge is 0.0890 e. The van der Waals surface area contributed by atoms with E-state index in [1.165, 1.54) is 25.7 Å². The number of hydrogen-bond acceptors (Lipinski definition) is 3. The molecule has 0 spiro atoms. The van der Waals surface area contributed by atoms with Crippen molar-refractivity contribution in [1.82, 2.24) is 15.3 Å². The van der Waals surface area contributed by atoms with Crippen molar-refractivity contribution in [1.29, 1.82) is 0 Å². The molecule has 0 amide bonds. The van der Waals surface area contributed by atoms with Crippen molar-refractivity contribution in [3.8, 4) is 0 Å². The van der Waals surface area contributed by atoms with Crippen LogP contribution < -0.4 is 5.32 Å². The molecule has 1 atom stereocenters. The van der Waals surface area contributed by atoms with Crippen LogP contribution >= 0.6 is 0 Å². The fourth-order valence-corrected chi connectivity index (χ4v) is 3.18. The minimum atomic E-state index is 0.391. The van der Waals surface area contributed by atoms with Crippen molar-refractivity contribution < 1.29 is 0 Å². The number of fused-ring (bicyclic) bond motifs is 1. The van der Waals surface area contributed by atoms with Crippen LogP contribution in [0.1, 0.15) is 45.2 Å². The fourth-order valence-electron chi connectivity index (χ4n) is 3.18. The van der Waals surface area contributed by atoms with E-state index in [4.69, 9.17) is 0 Å². The van der Waals surface area contributed by atoms with Crippen LogP contribution in [-0.4, -0.2) is 16.0 Å². The number of rotatable bonds is 3. The van der Waals surface area contributed by atoms with Gasteiger partial charge >= 0.3 is 0 Å². The van der Waals surface area contributed by atoms with Gasteiger partial charge in [-0.25, -0.2) is 4.98 Å². The summed E-state index contributed by atoms with van der Waals surface area (Å²) < 4.78 is 0. The van der Waals surface area contributed by atoms with Gasteiger partial charge in [-0.05, 0) is 30.4 Å². The monoisotopic (exact) mass is 269 g/mol. The van der Waals surface area contributed by atoms with Gasteiger partial charge in [-0.15, -0.1) is 0 Å². The van der Waals surface area contributed by atoms with Crippen molar-refractivity contribution in [3.63, 3.8) is 0 Å². The van der Waals surface area contributed by atoms with E-state index in [0.717, 1.165) is 23.3 Å². The molecule has 1 N–H and O–H groups in total. The molecule has 106 valence electrons. The third kappa shape index (κ3) is 2.83. The van der Waals surface area contributed by atoms with Gasteiger partial charge in [0.25, 0.3) is 0 Å². The van der Waals surface area contributed by atoms with E-state index in [0.29, 0.717) is 11.5 Å². The number of nitrogens with one attached hydrogen (secondary N) is 1. The lowest BCUT2D eigenvalue weighted by Crippen LogP contribution is -2.43. The highest BCUT2D eigenvalue weighted by Crippen LogP contribution is 2.35. The van der Waals surface area contributed by atoms with Crippen molar-refractivity contribution in [2.24, 2.45) is 5.41 Å². The zero-order valence-electron chi connectivity index (χ0n) is 12.4.